The molecule has 0 unspecified atom stereocenters. The monoisotopic (exact) mass is 359 g/mol. The van der Waals surface area contributed by atoms with Crippen LogP contribution in [0.1, 0.15) is 12.5 Å². The van der Waals surface area contributed by atoms with Gasteiger partial charge in [-0.1, -0.05) is 18.2 Å². The molecule has 1 aliphatic rings. The predicted octanol–water partition coefficient (Wildman–Crippen LogP) is 2.37. The van der Waals surface area contributed by atoms with Crippen LogP contribution in [0, 0.1) is 11.6 Å². The van der Waals surface area contributed by atoms with Crippen molar-refractivity contribution in [1.82, 2.24) is 10.2 Å². The first kappa shape index (κ1) is 17.5. The smallest absolute Gasteiger partial charge is 0.325 e. The molecule has 26 heavy (non-hydrogen) atoms. The van der Waals surface area contributed by atoms with E-state index in [1.807, 2.05) is 0 Å². The quantitative estimate of drug-likeness (QED) is 0.823. The van der Waals surface area contributed by atoms with Crippen LogP contribution in [0.4, 0.5) is 19.3 Å². The number of amides is 4. The normalized spacial score (nSPS) is 19.4. The summed E-state index contributed by atoms with van der Waals surface area (Å²) in [5, 5.41) is 4.89. The van der Waals surface area contributed by atoms with Crippen LogP contribution in [-0.4, -0.2) is 29.3 Å². The third-order valence-corrected chi connectivity index (χ3v) is 4.10. The predicted molar refractivity (Wildman–Crippen MR) is 89.0 cm³/mol. The van der Waals surface area contributed by atoms with Gasteiger partial charge in [0.25, 0.3) is 5.91 Å². The van der Waals surface area contributed by atoms with Crippen molar-refractivity contribution < 1.29 is 23.2 Å². The van der Waals surface area contributed by atoms with Crippen molar-refractivity contribution in [1.29, 1.82) is 0 Å². The standard InChI is InChI=1S/C18H15F2N3O3/c1-18(13-9-11(19)7-8-14(13)20)16(25)23(17(26)22-18)10-15(24)21-12-5-3-2-4-6-12/h2-9H,10H2,1H3,(H,21,24)(H,22,26)/t18-/m0/s1. The molecule has 1 atom stereocenters. The summed E-state index contributed by atoms with van der Waals surface area (Å²) in [6.07, 6.45) is 0. The second-order valence-corrected chi connectivity index (χ2v) is 5.98. The number of para-hydroxylation sites is 1. The molecule has 0 saturated carbocycles. The van der Waals surface area contributed by atoms with Gasteiger partial charge in [-0.05, 0) is 37.3 Å². The molecule has 1 heterocycles. The number of nitrogens with zero attached hydrogens (tertiary/aromatic N) is 1. The first-order valence-corrected chi connectivity index (χ1v) is 7.76. The number of nitrogens with one attached hydrogen (secondary N) is 2. The van der Waals surface area contributed by atoms with Crippen molar-refractivity contribution in [3.8, 4) is 0 Å². The third-order valence-electron chi connectivity index (χ3n) is 4.10. The molecule has 0 bridgehead atoms. The molecule has 0 aliphatic carbocycles. The Morgan fingerprint density at radius 3 is 2.54 bits per heavy atom. The first-order chi connectivity index (χ1) is 12.3. The van der Waals surface area contributed by atoms with Gasteiger partial charge in [0, 0.05) is 11.3 Å². The van der Waals surface area contributed by atoms with Crippen LogP contribution in [-0.2, 0) is 15.1 Å². The van der Waals surface area contributed by atoms with Gasteiger partial charge in [0.1, 0.15) is 23.7 Å². The lowest BCUT2D eigenvalue weighted by Gasteiger charge is -2.22. The van der Waals surface area contributed by atoms with Gasteiger partial charge in [0.2, 0.25) is 5.91 Å². The molecule has 1 fully saturated rings. The first-order valence-electron chi connectivity index (χ1n) is 7.76. The zero-order valence-electron chi connectivity index (χ0n) is 13.8. The lowest BCUT2D eigenvalue weighted by molar-refractivity contribution is -0.133. The Morgan fingerprint density at radius 2 is 1.85 bits per heavy atom. The van der Waals surface area contributed by atoms with Crippen LogP contribution < -0.4 is 10.6 Å². The SMILES string of the molecule is C[C@@]1(c2cc(F)ccc2F)NC(=O)N(CC(=O)Nc2ccccc2)C1=O. The highest BCUT2D eigenvalue weighted by atomic mass is 19.1. The number of hydrogen-bond donors (Lipinski definition) is 2. The van der Waals surface area contributed by atoms with E-state index in [9.17, 15) is 23.2 Å². The van der Waals surface area contributed by atoms with E-state index in [1.54, 1.807) is 30.3 Å². The van der Waals surface area contributed by atoms with Gasteiger partial charge < -0.3 is 10.6 Å². The highest BCUT2D eigenvalue weighted by Crippen LogP contribution is 2.31. The topological polar surface area (TPSA) is 78.5 Å². The van der Waals surface area contributed by atoms with Crippen molar-refractivity contribution in [3.63, 3.8) is 0 Å². The molecule has 134 valence electrons. The van der Waals surface area contributed by atoms with Crippen molar-refractivity contribution in [2.75, 3.05) is 11.9 Å². The number of anilines is 1. The number of carbonyl (C=O) groups excluding carboxylic acids is 3. The van der Waals surface area contributed by atoms with Crippen molar-refractivity contribution in [2.45, 2.75) is 12.5 Å². The molecule has 2 aromatic carbocycles. The highest BCUT2D eigenvalue weighted by Gasteiger charge is 2.50. The van der Waals surface area contributed by atoms with E-state index >= 15 is 0 Å². The molecule has 0 spiro atoms. The molecule has 6 nitrogen and oxygen atoms in total. The van der Waals surface area contributed by atoms with E-state index < -0.39 is 41.6 Å². The van der Waals surface area contributed by atoms with Crippen molar-refractivity contribution in [3.05, 3.63) is 65.7 Å². The summed E-state index contributed by atoms with van der Waals surface area (Å²) >= 11 is 0. The van der Waals surface area contributed by atoms with Gasteiger partial charge in [-0.15, -0.1) is 0 Å². The van der Waals surface area contributed by atoms with Crippen molar-refractivity contribution >= 4 is 23.5 Å². The summed E-state index contributed by atoms with van der Waals surface area (Å²) in [6, 6.07) is 10.3. The van der Waals surface area contributed by atoms with Crippen molar-refractivity contribution in [2.24, 2.45) is 0 Å². The van der Waals surface area contributed by atoms with E-state index in [0.29, 0.717) is 10.6 Å². The molecule has 0 aromatic heterocycles. The molecule has 0 radical (unpaired) electrons. The number of halogens is 2. The molecule has 2 N–H and O–H groups in total. The highest BCUT2D eigenvalue weighted by molar-refractivity contribution is 6.10. The zero-order chi connectivity index (χ0) is 18.9. The Hall–Kier alpha value is -3.29. The largest absolute Gasteiger partial charge is 0.325 e. The minimum Gasteiger partial charge on any atom is -0.325 e. The number of hydrogen-bond acceptors (Lipinski definition) is 3. The van der Waals surface area contributed by atoms with E-state index in [0.717, 1.165) is 18.2 Å². The Kier molecular flexibility index (Phi) is 4.41. The average molecular weight is 359 g/mol. The van der Waals surface area contributed by atoms with E-state index in [1.165, 1.54) is 6.92 Å². The fourth-order valence-electron chi connectivity index (χ4n) is 2.77. The summed E-state index contributed by atoms with van der Waals surface area (Å²) in [5.41, 5.74) is -1.60. The molecule has 4 amide bonds. The lowest BCUT2D eigenvalue weighted by Crippen LogP contribution is -2.42. The number of benzene rings is 2. The maximum Gasteiger partial charge on any atom is 0.325 e. The fraction of sp³-hybridized carbons (Fsp3) is 0.167. The van der Waals surface area contributed by atoms with Crippen LogP contribution in [0.25, 0.3) is 0 Å². The zero-order valence-corrected chi connectivity index (χ0v) is 13.8. The van der Waals surface area contributed by atoms with Crippen LogP contribution >= 0.6 is 0 Å². The van der Waals surface area contributed by atoms with Gasteiger partial charge in [-0.3, -0.25) is 14.5 Å². The maximum absolute atomic E-state index is 14.1. The Labute approximate surface area is 147 Å². The van der Waals surface area contributed by atoms with Gasteiger partial charge in [0.15, 0.2) is 0 Å². The Morgan fingerprint density at radius 1 is 1.15 bits per heavy atom. The van der Waals surface area contributed by atoms with E-state index in [-0.39, 0.29) is 5.56 Å². The molecular weight excluding hydrogens is 344 g/mol. The van der Waals surface area contributed by atoms with E-state index in [2.05, 4.69) is 10.6 Å². The second kappa shape index (κ2) is 6.55. The number of urea groups is 1. The van der Waals surface area contributed by atoms with Gasteiger partial charge >= 0.3 is 6.03 Å². The average Bonchev–Trinajstić information content (AvgIpc) is 2.82. The molecule has 2 aromatic rings. The van der Waals surface area contributed by atoms with Gasteiger partial charge in [-0.25, -0.2) is 13.6 Å². The van der Waals surface area contributed by atoms with E-state index in [4.69, 9.17) is 0 Å². The van der Waals surface area contributed by atoms with Crippen LogP contribution in [0.5, 0.6) is 0 Å². The number of carbonyl (C=O) groups is 3. The Bertz CT molecular complexity index is 889. The summed E-state index contributed by atoms with van der Waals surface area (Å²) in [4.78, 5) is 37.6. The van der Waals surface area contributed by atoms with Gasteiger partial charge in [-0.2, -0.15) is 0 Å². The molecule has 3 rings (SSSR count). The minimum absolute atomic E-state index is 0.304. The van der Waals surface area contributed by atoms with Crippen LogP contribution in [0.3, 0.4) is 0 Å². The molecule has 1 saturated heterocycles. The summed E-state index contributed by atoms with van der Waals surface area (Å²) in [7, 11) is 0. The summed E-state index contributed by atoms with van der Waals surface area (Å²) in [5.74, 6) is -3.01. The molecule has 8 heteroatoms. The third kappa shape index (κ3) is 3.13. The Balaban J connectivity index is 1.80. The minimum atomic E-state index is -1.80. The van der Waals surface area contributed by atoms with Crippen LogP contribution in [0.2, 0.25) is 0 Å². The van der Waals surface area contributed by atoms with Gasteiger partial charge in [0.05, 0.1) is 0 Å². The fourth-order valence-corrected chi connectivity index (χ4v) is 2.77. The maximum atomic E-state index is 14.1. The number of rotatable bonds is 4. The second-order valence-electron chi connectivity index (χ2n) is 5.98. The number of imide groups is 1. The summed E-state index contributed by atoms with van der Waals surface area (Å²) in [6.45, 7) is 0.715. The molecular formula is C18H15F2N3O3. The van der Waals surface area contributed by atoms with Crippen LogP contribution in [0.15, 0.2) is 48.5 Å². The lowest BCUT2D eigenvalue weighted by atomic mass is 9.91. The molecule has 1 aliphatic heterocycles. The summed E-state index contributed by atoms with van der Waals surface area (Å²) < 4.78 is 27.6.